The van der Waals surface area contributed by atoms with Crippen molar-refractivity contribution in [2.45, 2.75) is 0 Å². The van der Waals surface area contributed by atoms with Crippen LogP contribution >= 0.6 is 34.8 Å². The van der Waals surface area contributed by atoms with Crippen molar-refractivity contribution in [1.82, 2.24) is 10.2 Å². The van der Waals surface area contributed by atoms with Crippen LogP contribution in [0.15, 0.2) is 30.3 Å². The number of nitrogens with zero attached hydrogens (tertiary/aromatic N) is 2. The summed E-state index contributed by atoms with van der Waals surface area (Å²) in [6.07, 6.45) is 0. The van der Waals surface area contributed by atoms with Gasteiger partial charge >= 0.3 is 0 Å². The van der Waals surface area contributed by atoms with E-state index in [0.717, 1.165) is 0 Å². The third-order valence-corrected chi connectivity index (χ3v) is 2.75. The number of hydrogen-bond donors (Lipinski definition) is 1. The Morgan fingerprint density at radius 3 is 2.61 bits per heavy atom. The normalized spacial score (nSPS) is 10.2. The zero-order valence-electron chi connectivity index (χ0n) is 8.82. The van der Waals surface area contributed by atoms with E-state index in [-0.39, 0.29) is 15.9 Å². The van der Waals surface area contributed by atoms with E-state index in [9.17, 15) is 4.79 Å². The highest BCUT2D eigenvalue weighted by Crippen LogP contribution is 2.19. The highest BCUT2D eigenvalue weighted by Gasteiger charge is 2.13. The predicted molar refractivity (Wildman–Crippen MR) is 71.5 cm³/mol. The highest BCUT2D eigenvalue weighted by molar-refractivity contribution is 6.34. The molecule has 0 atom stereocenters. The van der Waals surface area contributed by atoms with Gasteiger partial charge < -0.3 is 5.32 Å². The largest absolute Gasteiger partial charge is 0.322 e. The first-order chi connectivity index (χ1) is 8.56. The number of halogens is 3. The predicted octanol–water partition coefficient (Wildman–Crippen LogP) is 3.69. The van der Waals surface area contributed by atoms with Crippen LogP contribution in [0.1, 0.15) is 10.4 Å². The molecule has 92 valence electrons. The SMILES string of the molecule is O=C(Nc1cccc(Cl)c1)c1cc(Cl)nnc1Cl. The Morgan fingerprint density at radius 2 is 1.89 bits per heavy atom. The lowest BCUT2D eigenvalue weighted by atomic mass is 10.2. The van der Waals surface area contributed by atoms with E-state index < -0.39 is 5.91 Å². The van der Waals surface area contributed by atoms with Crippen LogP contribution in [0, 0.1) is 0 Å². The summed E-state index contributed by atoms with van der Waals surface area (Å²) in [6.45, 7) is 0. The standard InChI is InChI=1S/C11H6Cl3N3O/c12-6-2-1-3-7(4-6)15-11(18)8-5-9(13)16-17-10(8)14/h1-5H,(H,15,18). The van der Waals surface area contributed by atoms with Gasteiger partial charge in [0.15, 0.2) is 10.3 Å². The van der Waals surface area contributed by atoms with E-state index >= 15 is 0 Å². The minimum Gasteiger partial charge on any atom is -0.322 e. The van der Waals surface area contributed by atoms with Crippen LogP contribution in [0.3, 0.4) is 0 Å². The Kier molecular flexibility index (Phi) is 4.01. The molecular formula is C11H6Cl3N3O. The molecule has 0 bridgehead atoms. The number of aromatic nitrogens is 2. The van der Waals surface area contributed by atoms with Crippen molar-refractivity contribution in [1.29, 1.82) is 0 Å². The maximum absolute atomic E-state index is 11.9. The maximum atomic E-state index is 11.9. The molecule has 1 aromatic carbocycles. The van der Waals surface area contributed by atoms with Crippen molar-refractivity contribution >= 4 is 46.4 Å². The Hall–Kier alpha value is -1.36. The van der Waals surface area contributed by atoms with Gasteiger partial charge in [-0.3, -0.25) is 4.79 Å². The lowest BCUT2D eigenvalue weighted by Crippen LogP contribution is -2.13. The number of nitrogens with one attached hydrogen (secondary N) is 1. The summed E-state index contributed by atoms with van der Waals surface area (Å²) >= 11 is 17.2. The second-order valence-corrected chi connectivity index (χ2v) is 4.52. The summed E-state index contributed by atoms with van der Waals surface area (Å²) in [7, 11) is 0. The zero-order valence-corrected chi connectivity index (χ0v) is 11.1. The molecular weight excluding hydrogens is 296 g/mol. The zero-order chi connectivity index (χ0) is 13.1. The molecule has 0 aliphatic carbocycles. The number of anilines is 1. The number of benzene rings is 1. The summed E-state index contributed by atoms with van der Waals surface area (Å²) in [4.78, 5) is 11.9. The monoisotopic (exact) mass is 301 g/mol. The van der Waals surface area contributed by atoms with Gasteiger partial charge in [0.2, 0.25) is 0 Å². The van der Waals surface area contributed by atoms with E-state index in [4.69, 9.17) is 34.8 Å². The molecule has 0 spiro atoms. The summed E-state index contributed by atoms with van der Waals surface area (Å²) in [5, 5.41) is 10.3. The fourth-order valence-corrected chi connectivity index (χ4v) is 1.79. The van der Waals surface area contributed by atoms with Crippen molar-refractivity contribution in [3.05, 3.63) is 51.2 Å². The Bertz CT molecular complexity index is 604. The van der Waals surface area contributed by atoms with Crippen molar-refractivity contribution in [3.63, 3.8) is 0 Å². The van der Waals surface area contributed by atoms with Crippen LogP contribution in [-0.4, -0.2) is 16.1 Å². The molecule has 7 heteroatoms. The molecule has 1 aromatic heterocycles. The van der Waals surface area contributed by atoms with Gasteiger partial charge in [0.05, 0.1) is 5.56 Å². The van der Waals surface area contributed by atoms with Crippen LogP contribution in [-0.2, 0) is 0 Å². The summed E-state index contributed by atoms with van der Waals surface area (Å²) in [5.74, 6) is -0.431. The number of carbonyl (C=O) groups is 1. The lowest BCUT2D eigenvalue weighted by molar-refractivity contribution is 0.102. The van der Waals surface area contributed by atoms with Crippen LogP contribution in [0.25, 0.3) is 0 Å². The average molecular weight is 303 g/mol. The first-order valence-corrected chi connectivity index (χ1v) is 5.95. The molecule has 0 radical (unpaired) electrons. The van der Waals surface area contributed by atoms with E-state index in [1.165, 1.54) is 6.07 Å². The number of hydrogen-bond acceptors (Lipinski definition) is 3. The van der Waals surface area contributed by atoms with Gasteiger partial charge in [-0.15, -0.1) is 10.2 Å². The quantitative estimate of drug-likeness (QED) is 0.920. The summed E-state index contributed by atoms with van der Waals surface area (Å²) < 4.78 is 0. The molecule has 0 saturated carbocycles. The molecule has 1 N–H and O–H groups in total. The fraction of sp³-hybridized carbons (Fsp3) is 0. The minimum atomic E-state index is -0.431. The van der Waals surface area contributed by atoms with Crippen LogP contribution in [0.4, 0.5) is 5.69 Å². The van der Waals surface area contributed by atoms with Gasteiger partial charge in [0, 0.05) is 10.7 Å². The maximum Gasteiger partial charge on any atom is 0.258 e. The molecule has 0 aliphatic rings. The molecule has 1 amide bonds. The van der Waals surface area contributed by atoms with Crippen molar-refractivity contribution in [3.8, 4) is 0 Å². The third kappa shape index (κ3) is 3.10. The Labute approximate surface area is 118 Å². The van der Waals surface area contributed by atoms with Crippen molar-refractivity contribution in [2.24, 2.45) is 0 Å². The molecule has 2 rings (SSSR count). The summed E-state index contributed by atoms with van der Waals surface area (Å²) in [5.41, 5.74) is 0.702. The smallest absolute Gasteiger partial charge is 0.258 e. The molecule has 0 unspecified atom stereocenters. The number of rotatable bonds is 2. The molecule has 0 fully saturated rings. The van der Waals surface area contributed by atoms with Gasteiger partial charge in [0.1, 0.15) is 0 Å². The van der Waals surface area contributed by atoms with Gasteiger partial charge in [-0.25, -0.2) is 0 Å². The molecule has 18 heavy (non-hydrogen) atoms. The molecule has 4 nitrogen and oxygen atoms in total. The molecule has 1 heterocycles. The van der Waals surface area contributed by atoms with E-state index in [1.54, 1.807) is 24.3 Å². The van der Waals surface area contributed by atoms with E-state index in [0.29, 0.717) is 10.7 Å². The number of amides is 1. The second kappa shape index (κ2) is 5.52. The van der Waals surface area contributed by atoms with Crippen molar-refractivity contribution in [2.75, 3.05) is 5.32 Å². The second-order valence-electron chi connectivity index (χ2n) is 3.34. The van der Waals surface area contributed by atoms with Gasteiger partial charge in [-0.1, -0.05) is 40.9 Å². The van der Waals surface area contributed by atoms with Gasteiger partial charge in [0.25, 0.3) is 5.91 Å². The first kappa shape index (κ1) is 13.1. The highest BCUT2D eigenvalue weighted by atomic mass is 35.5. The third-order valence-electron chi connectivity index (χ3n) is 2.05. The Balaban J connectivity index is 2.24. The lowest BCUT2D eigenvalue weighted by Gasteiger charge is -2.06. The summed E-state index contributed by atoms with van der Waals surface area (Å²) in [6, 6.07) is 8.08. The molecule has 0 aliphatic heterocycles. The molecule has 0 saturated heterocycles. The van der Waals surface area contributed by atoms with Gasteiger partial charge in [-0.2, -0.15) is 0 Å². The fourth-order valence-electron chi connectivity index (χ4n) is 1.28. The van der Waals surface area contributed by atoms with E-state index in [1.807, 2.05) is 0 Å². The van der Waals surface area contributed by atoms with E-state index in [2.05, 4.69) is 15.5 Å². The van der Waals surface area contributed by atoms with Crippen molar-refractivity contribution < 1.29 is 4.79 Å². The first-order valence-electron chi connectivity index (χ1n) is 4.82. The Morgan fingerprint density at radius 1 is 1.11 bits per heavy atom. The van der Waals surface area contributed by atoms with Crippen LogP contribution in [0.5, 0.6) is 0 Å². The molecule has 2 aromatic rings. The average Bonchev–Trinajstić information content (AvgIpc) is 2.32. The van der Waals surface area contributed by atoms with Crippen LogP contribution < -0.4 is 5.32 Å². The topological polar surface area (TPSA) is 54.9 Å². The van der Waals surface area contributed by atoms with Crippen LogP contribution in [0.2, 0.25) is 15.3 Å². The number of carbonyl (C=O) groups excluding carboxylic acids is 1. The minimum absolute atomic E-state index is 0.0149. The van der Waals surface area contributed by atoms with Gasteiger partial charge in [-0.05, 0) is 24.3 Å².